The van der Waals surface area contributed by atoms with Crippen LogP contribution in [0, 0.1) is 5.92 Å². The van der Waals surface area contributed by atoms with Crippen molar-refractivity contribution in [2.45, 2.75) is 51.4 Å². The van der Waals surface area contributed by atoms with Crippen molar-refractivity contribution in [3.05, 3.63) is 35.9 Å². The summed E-state index contributed by atoms with van der Waals surface area (Å²) >= 11 is 0. The molecule has 0 radical (unpaired) electrons. The lowest BCUT2D eigenvalue weighted by Gasteiger charge is -2.32. The lowest BCUT2D eigenvalue weighted by atomic mass is 9.87. The molecule has 1 aromatic carbocycles. The van der Waals surface area contributed by atoms with E-state index < -0.39 is 18.2 Å². The third-order valence-electron chi connectivity index (χ3n) is 4.57. The van der Waals surface area contributed by atoms with Crippen LogP contribution in [0.1, 0.15) is 38.2 Å². The van der Waals surface area contributed by atoms with Crippen LogP contribution in [0.3, 0.4) is 0 Å². The van der Waals surface area contributed by atoms with E-state index >= 15 is 0 Å². The summed E-state index contributed by atoms with van der Waals surface area (Å²) in [5.41, 5.74) is 0.941. The van der Waals surface area contributed by atoms with Crippen molar-refractivity contribution in [3.8, 4) is 0 Å². The Balaban J connectivity index is 1.55. The van der Waals surface area contributed by atoms with Crippen molar-refractivity contribution in [1.29, 1.82) is 0 Å². The fourth-order valence-electron chi connectivity index (χ4n) is 2.94. The summed E-state index contributed by atoms with van der Waals surface area (Å²) in [7, 11) is 0. The molecule has 25 heavy (non-hydrogen) atoms. The molecule has 2 rings (SSSR count). The minimum atomic E-state index is -0.604. The van der Waals surface area contributed by atoms with E-state index in [1.807, 2.05) is 37.3 Å². The maximum Gasteiger partial charge on any atom is 0.407 e. The molecule has 6 nitrogen and oxygen atoms in total. The third kappa shape index (κ3) is 6.48. The topological polar surface area (TPSA) is 87.7 Å². The van der Waals surface area contributed by atoms with E-state index in [4.69, 9.17) is 4.74 Å². The van der Waals surface area contributed by atoms with Gasteiger partial charge in [-0.1, -0.05) is 37.3 Å². The highest BCUT2D eigenvalue weighted by atomic mass is 16.5. The second-order valence-corrected chi connectivity index (χ2v) is 6.60. The number of amides is 1. The van der Waals surface area contributed by atoms with Crippen LogP contribution in [0.5, 0.6) is 0 Å². The van der Waals surface area contributed by atoms with Gasteiger partial charge in [-0.3, -0.25) is 4.79 Å². The second-order valence-electron chi connectivity index (χ2n) is 6.60. The van der Waals surface area contributed by atoms with Gasteiger partial charge in [-0.05, 0) is 37.3 Å². The molecule has 2 unspecified atom stereocenters. The van der Waals surface area contributed by atoms with Crippen molar-refractivity contribution in [3.63, 3.8) is 0 Å². The van der Waals surface area contributed by atoms with Gasteiger partial charge in [0.1, 0.15) is 6.61 Å². The molecular formula is C19H28N2O4. The molecule has 6 heteroatoms. The van der Waals surface area contributed by atoms with Gasteiger partial charge in [-0.2, -0.15) is 0 Å². The van der Waals surface area contributed by atoms with Gasteiger partial charge in [0.2, 0.25) is 0 Å². The van der Waals surface area contributed by atoms with E-state index in [0.717, 1.165) is 18.5 Å². The zero-order valence-corrected chi connectivity index (χ0v) is 14.7. The number of unbranched alkanes of at least 4 members (excludes halogenated alkanes) is 1. The number of nitrogens with one attached hydrogen (secondary N) is 2. The molecule has 0 saturated carbocycles. The van der Waals surface area contributed by atoms with Crippen LogP contribution in [-0.2, 0) is 16.1 Å². The molecule has 1 fully saturated rings. The minimum Gasteiger partial charge on any atom is -0.445 e. The average molecular weight is 348 g/mol. The molecule has 3 atom stereocenters. The molecule has 1 aromatic rings. The molecule has 138 valence electrons. The Morgan fingerprint density at radius 2 is 2.04 bits per heavy atom. The Hall–Kier alpha value is -1.92. The Morgan fingerprint density at radius 3 is 2.80 bits per heavy atom. The number of aliphatic hydroxyl groups is 1. The summed E-state index contributed by atoms with van der Waals surface area (Å²) in [6.07, 6.45) is 1.62. The van der Waals surface area contributed by atoms with Crippen molar-refractivity contribution in [1.82, 2.24) is 10.6 Å². The van der Waals surface area contributed by atoms with E-state index in [1.165, 1.54) is 0 Å². The summed E-state index contributed by atoms with van der Waals surface area (Å²) in [6, 6.07) is 9.04. The number of aliphatic hydroxyl groups excluding tert-OH is 1. The largest absolute Gasteiger partial charge is 0.445 e. The molecule has 0 spiro atoms. The van der Waals surface area contributed by atoms with E-state index in [0.29, 0.717) is 25.8 Å². The summed E-state index contributed by atoms with van der Waals surface area (Å²) in [6.45, 7) is 3.45. The predicted octanol–water partition coefficient (Wildman–Crippen LogP) is 2.01. The van der Waals surface area contributed by atoms with E-state index in [-0.39, 0.29) is 18.3 Å². The molecule has 0 bridgehead atoms. The van der Waals surface area contributed by atoms with Crippen LogP contribution in [-0.4, -0.2) is 42.2 Å². The minimum absolute atomic E-state index is 0.0469. The molecule has 0 aliphatic carbocycles. The van der Waals surface area contributed by atoms with E-state index in [1.54, 1.807) is 0 Å². The van der Waals surface area contributed by atoms with Gasteiger partial charge in [0.25, 0.3) is 0 Å². The number of carbonyl (C=O) groups is 2. The normalized spacial score (nSPS) is 23.0. The summed E-state index contributed by atoms with van der Waals surface area (Å²) in [4.78, 5) is 23.8. The number of benzene rings is 1. The molecule has 0 aromatic heterocycles. The number of ketones is 1. The maximum atomic E-state index is 12.2. The fourth-order valence-corrected chi connectivity index (χ4v) is 2.94. The molecule has 1 amide bonds. The zero-order chi connectivity index (χ0) is 18.1. The summed E-state index contributed by atoms with van der Waals surface area (Å²) < 4.78 is 5.12. The van der Waals surface area contributed by atoms with E-state index in [2.05, 4.69) is 10.6 Å². The first-order valence-corrected chi connectivity index (χ1v) is 8.96. The number of rotatable bonds is 8. The number of carbonyl (C=O) groups excluding carboxylic acids is 2. The number of Topliss-reactive ketones (excluding diaryl/α,β-unsaturated/α-hetero) is 1. The lowest BCUT2D eigenvalue weighted by Crippen LogP contribution is -2.53. The van der Waals surface area contributed by atoms with Gasteiger partial charge in [0, 0.05) is 13.0 Å². The quantitative estimate of drug-likeness (QED) is 0.626. The van der Waals surface area contributed by atoms with Crippen LogP contribution < -0.4 is 10.6 Å². The standard InChI is InChI=1S/C19H28N2O4/c1-14-10-12-20-17(18(14)23)16(22)9-5-6-11-21-19(24)25-13-15-7-3-2-4-8-15/h2-4,7-8,14,17-18,20,23H,5-6,9-13H2,1H3,(H,21,24)/t14?,17-,18?/m1/s1. The zero-order valence-electron chi connectivity index (χ0n) is 14.7. The molecule has 1 heterocycles. The number of ether oxygens (including phenoxy) is 1. The van der Waals surface area contributed by atoms with Gasteiger partial charge < -0.3 is 20.5 Å². The predicted molar refractivity (Wildman–Crippen MR) is 95.1 cm³/mol. The molecule has 3 N–H and O–H groups in total. The van der Waals surface area contributed by atoms with Gasteiger partial charge >= 0.3 is 6.09 Å². The van der Waals surface area contributed by atoms with E-state index in [9.17, 15) is 14.7 Å². The highest BCUT2D eigenvalue weighted by Gasteiger charge is 2.32. The van der Waals surface area contributed by atoms with Crippen LogP contribution in [0.4, 0.5) is 4.79 Å². The number of hydrogen-bond donors (Lipinski definition) is 3. The number of piperidine rings is 1. The molecule has 1 saturated heterocycles. The Bertz CT molecular complexity index is 550. The lowest BCUT2D eigenvalue weighted by molar-refractivity contribution is -0.125. The Kier molecular flexibility index (Phi) is 7.88. The Morgan fingerprint density at radius 1 is 1.28 bits per heavy atom. The van der Waals surface area contributed by atoms with Crippen molar-refractivity contribution in [2.75, 3.05) is 13.1 Å². The highest BCUT2D eigenvalue weighted by molar-refractivity contribution is 5.84. The highest BCUT2D eigenvalue weighted by Crippen LogP contribution is 2.18. The first-order valence-electron chi connectivity index (χ1n) is 8.96. The second kappa shape index (κ2) is 10.2. The fraction of sp³-hybridized carbons (Fsp3) is 0.579. The summed E-state index contributed by atoms with van der Waals surface area (Å²) in [5.74, 6) is 0.196. The Labute approximate surface area is 149 Å². The number of hydrogen-bond acceptors (Lipinski definition) is 5. The van der Waals surface area contributed by atoms with Crippen molar-refractivity contribution >= 4 is 11.9 Å². The van der Waals surface area contributed by atoms with Gasteiger partial charge in [0.15, 0.2) is 5.78 Å². The molecular weight excluding hydrogens is 320 g/mol. The first-order chi connectivity index (χ1) is 12.1. The molecule has 1 aliphatic rings. The molecule has 1 aliphatic heterocycles. The van der Waals surface area contributed by atoms with Crippen molar-refractivity contribution in [2.24, 2.45) is 5.92 Å². The maximum absolute atomic E-state index is 12.2. The summed E-state index contributed by atoms with van der Waals surface area (Å²) in [5, 5.41) is 15.9. The van der Waals surface area contributed by atoms with Crippen LogP contribution >= 0.6 is 0 Å². The van der Waals surface area contributed by atoms with Crippen LogP contribution in [0.25, 0.3) is 0 Å². The van der Waals surface area contributed by atoms with Gasteiger partial charge in [-0.25, -0.2) is 4.79 Å². The van der Waals surface area contributed by atoms with Gasteiger partial charge in [0.05, 0.1) is 12.1 Å². The first kappa shape index (κ1) is 19.4. The van der Waals surface area contributed by atoms with Crippen LogP contribution in [0.15, 0.2) is 30.3 Å². The van der Waals surface area contributed by atoms with Crippen molar-refractivity contribution < 1.29 is 19.4 Å². The third-order valence-corrected chi connectivity index (χ3v) is 4.57. The smallest absolute Gasteiger partial charge is 0.407 e. The monoisotopic (exact) mass is 348 g/mol. The van der Waals surface area contributed by atoms with Crippen LogP contribution in [0.2, 0.25) is 0 Å². The average Bonchev–Trinajstić information content (AvgIpc) is 2.62. The van der Waals surface area contributed by atoms with Gasteiger partial charge in [-0.15, -0.1) is 0 Å². The number of alkyl carbamates (subject to hydrolysis) is 1. The SMILES string of the molecule is CC1CCN[C@H](C(=O)CCCCNC(=O)OCc2ccccc2)C1O.